The fourth-order valence-electron chi connectivity index (χ4n) is 3.29. The number of aryl methyl sites for hydroxylation is 1. The Morgan fingerprint density at radius 1 is 0.867 bits per heavy atom. The van der Waals surface area contributed by atoms with Crippen LogP contribution in [0.4, 0.5) is 4.39 Å². The normalized spacial score (nSPS) is 10.7. The van der Waals surface area contributed by atoms with Gasteiger partial charge < -0.3 is 0 Å². The SMILES string of the molecule is CC(C)N(NC(=O)c1ccccc1)C(=O)CCc1ccccc1-c1ccccc1F. The first-order valence-corrected chi connectivity index (χ1v) is 9.98. The van der Waals surface area contributed by atoms with E-state index in [1.807, 2.05) is 44.2 Å². The number of nitrogens with zero attached hydrogens (tertiary/aromatic N) is 1. The summed E-state index contributed by atoms with van der Waals surface area (Å²) in [4.78, 5) is 25.3. The van der Waals surface area contributed by atoms with E-state index in [9.17, 15) is 14.0 Å². The molecule has 0 saturated carbocycles. The zero-order valence-electron chi connectivity index (χ0n) is 17.1. The summed E-state index contributed by atoms with van der Waals surface area (Å²) in [6, 6.07) is 22.7. The molecule has 0 fully saturated rings. The third-order valence-electron chi connectivity index (χ3n) is 4.83. The smallest absolute Gasteiger partial charge is 0.269 e. The van der Waals surface area contributed by atoms with E-state index in [-0.39, 0.29) is 30.1 Å². The van der Waals surface area contributed by atoms with Crippen LogP contribution in [0.15, 0.2) is 78.9 Å². The largest absolute Gasteiger partial charge is 0.273 e. The summed E-state index contributed by atoms with van der Waals surface area (Å²) >= 11 is 0. The minimum atomic E-state index is -0.329. The van der Waals surface area contributed by atoms with Crippen LogP contribution in [0.1, 0.15) is 36.2 Å². The van der Waals surface area contributed by atoms with Crippen molar-refractivity contribution in [3.05, 3.63) is 95.8 Å². The average Bonchev–Trinajstić information content (AvgIpc) is 2.76. The van der Waals surface area contributed by atoms with Crippen LogP contribution < -0.4 is 5.43 Å². The number of benzene rings is 3. The van der Waals surface area contributed by atoms with Crippen molar-refractivity contribution in [2.45, 2.75) is 32.7 Å². The zero-order valence-corrected chi connectivity index (χ0v) is 17.1. The maximum absolute atomic E-state index is 14.3. The van der Waals surface area contributed by atoms with E-state index in [0.29, 0.717) is 17.5 Å². The number of hydrazine groups is 1. The van der Waals surface area contributed by atoms with Gasteiger partial charge in [0.2, 0.25) is 5.91 Å². The summed E-state index contributed by atoms with van der Waals surface area (Å²) in [5, 5.41) is 1.36. The first-order chi connectivity index (χ1) is 14.5. The van der Waals surface area contributed by atoms with Crippen molar-refractivity contribution >= 4 is 11.8 Å². The molecule has 0 bridgehead atoms. The van der Waals surface area contributed by atoms with Gasteiger partial charge in [0.25, 0.3) is 5.91 Å². The van der Waals surface area contributed by atoms with Gasteiger partial charge in [0.1, 0.15) is 5.82 Å². The molecule has 3 aromatic carbocycles. The molecule has 0 spiro atoms. The van der Waals surface area contributed by atoms with Crippen LogP contribution in [0.3, 0.4) is 0 Å². The van der Waals surface area contributed by atoms with Crippen molar-refractivity contribution in [2.24, 2.45) is 0 Å². The highest BCUT2D eigenvalue weighted by atomic mass is 19.1. The molecule has 3 aromatic rings. The minimum absolute atomic E-state index is 0.193. The Morgan fingerprint density at radius 3 is 2.13 bits per heavy atom. The number of nitrogens with one attached hydrogen (secondary N) is 1. The lowest BCUT2D eigenvalue weighted by atomic mass is 9.96. The molecule has 0 unspecified atom stereocenters. The summed E-state index contributed by atoms with van der Waals surface area (Å²) in [5.74, 6) is -0.822. The Labute approximate surface area is 176 Å². The summed E-state index contributed by atoms with van der Waals surface area (Å²) in [6.45, 7) is 3.69. The molecule has 0 aliphatic rings. The van der Waals surface area contributed by atoms with Gasteiger partial charge in [0.05, 0.1) is 0 Å². The quantitative estimate of drug-likeness (QED) is 0.587. The fourth-order valence-corrected chi connectivity index (χ4v) is 3.29. The van der Waals surface area contributed by atoms with Crippen LogP contribution in [0.25, 0.3) is 11.1 Å². The first-order valence-electron chi connectivity index (χ1n) is 9.98. The van der Waals surface area contributed by atoms with Crippen LogP contribution in [0.5, 0.6) is 0 Å². The zero-order chi connectivity index (χ0) is 21.5. The molecule has 3 rings (SSSR count). The maximum atomic E-state index is 14.3. The van der Waals surface area contributed by atoms with Crippen molar-refractivity contribution in [1.82, 2.24) is 10.4 Å². The third kappa shape index (κ3) is 5.11. The number of rotatable bonds is 6. The third-order valence-corrected chi connectivity index (χ3v) is 4.83. The Kier molecular flexibility index (Phi) is 6.96. The lowest BCUT2D eigenvalue weighted by molar-refractivity contribution is -0.135. The molecule has 0 saturated heterocycles. The van der Waals surface area contributed by atoms with Gasteiger partial charge >= 0.3 is 0 Å². The molecule has 4 nitrogen and oxygen atoms in total. The van der Waals surface area contributed by atoms with E-state index in [4.69, 9.17) is 0 Å². The first kappa shape index (κ1) is 21.2. The van der Waals surface area contributed by atoms with Gasteiger partial charge in [-0.3, -0.25) is 20.0 Å². The average molecular weight is 404 g/mol. The topological polar surface area (TPSA) is 49.4 Å². The van der Waals surface area contributed by atoms with Gasteiger partial charge in [-0.1, -0.05) is 60.7 Å². The monoisotopic (exact) mass is 404 g/mol. The molecule has 0 radical (unpaired) electrons. The molecule has 1 N–H and O–H groups in total. The van der Waals surface area contributed by atoms with E-state index in [1.165, 1.54) is 11.1 Å². The second-order valence-electron chi connectivity index (χ2n) is 7.30. The highest BCUT2D eigenvalue weighted by Crippen LogP contribution is 2.27. The Morgan fingerprint density at radius 2 is 1.47 bits per heavy atom. The van der Waals surface area contributed by atoms with Gasteiger partial charge in [0, 0.05) is 23.6 Å². The minimum Gasteiger partial charge on any atom is -0.273 e. The summed E-state index contributed by atoms with van der Waals surface area (Å²) in [5.41, 5.74) is 5.36. The van der Waals surface area contributed by atoms with Gasteiger partial charge in [0.15, 0.2) is 0 Å². The summed E-state index contributed by atoms with van der Waals surface area (Å²) in [7, 11) is 0. The number of halogens is 1. The second kappa shape index (κ2) is 9.83. The highest BCUT2D eigenvalue weighted by molar-refractivity contribution is 5.95. The summed E-state index contributed by atoms with van der Waals surface area (Å²) in [6.07, 6.45) is 0.631. The highest BCUT2D eigenvalue weighted by Gasteiger charge is 2.20. The van der Waals surface area contributed by atoms with E-state index in [1.54, 1.807) is 42.5 Å². The van der Waals surface area contributed by atoms with Gasteiger partial charge in [-0.15, -0.1) is 0 Å². The molecular formula is C25H25FN2O2. The van der Waals surface area contributed by atoms with E-state index >= 15 is 0 Å². The van der Waals surface area contributed by atoms with E-state index < -0.39 is 0 Å². The molecule has 0 aliphatic carbocycles. The lowest BCUT2D eigenvalue weighted by Gasteiger charge is -2.27. The van der Waals surface area contributed by atoms with Crippen LogP contribution >= 0.6 is 0 Å². The number of carbonyl (C=O) groups is 2. The van der Waals surface area contributed by atoms with Gasteiger partial charge in [-0.25, -0.2) is 4.39 Å². The standard InChI is InChI=1S/C25H25FN2O2/c1-18(2)28(27-25(30)20-11-4-3-5-12-20)24(29)17-16-19-10-6-7-13-21(19)22-14-8-9-15-23(22)26/h3-15,18H,16-17H2,1-2H3,(H,27,30). The number of amides is 2. The predicted molar refractivity (Wildman–Crippen MR) is 116 cm³/mol. The predicted octanol–water partition coefficient (Wildman–Crippen LogP) is 5.01. The van der Waals surface area contributed by atoms with Crippen LogP contribution in [-0.2, 0) is 11.2 Å². The molecule has 0 aliphatic heterocycles. The number of carbonyl (C=O) groups excluding carboxylic acids is 2. The second-order valence-corrected chi connectivity index (χ2v) is 7.30. The van der Waals surface area contributed by atoms with Crippen molar-refractivity contribution in [2.75, 3.05) is 0 Å². The van der Waals surface area contributed by atoms with Crippen molar-refractivity contribution < 1.29 is 14.0 Å². The maximum Gasteiger partial charge on any atom is 0.269 e. The number of hydrogen-bond donors (Lipinski definition) is 1. The van der Waals surface area contributed by atoms with Gasteiger partial charge in [-0.2, -0.15) is 0 Å². The van der Waals surface area contributed by atoms with Gasteiger partial charge in [-0.05, 0) is 49.6 Å². The van der Waals surface area contributed by atoms with Crippen LogP contribution in [0.2, 0.25) is 0 Å². The molecule has 0 heterocycles. The lowest BCUT2D eigenvalue weighted by Crippen LogP contribution is -2.50. The van der Waals surface area contributed by atoms with Crippen LogP contribution in [-0.4, -0.2) is 22.9 Å². The Bertz CT molecular complexity index is 1020. The molecule has 0 atom stereocenters. The van der Waals surface area contributed by atoms with Crippen molar-refractivity contribution in [3.8, 4) is 11.1 Å². The molecule has 154 valence electrons. The molecule has 0 aromatic heterocycles. The number of hydrogen-bond acceptors (Lipinski definition) is 2. The summed E-state index contributed by atoms with van der Waals surface area (Å²) < 4.78 is 14.3. The molecule has 5 heteroatoms. The van der Waals surface area contributed by atoms with E-state index in [0.717, 1.165) is 11.1 Å². The molecule has 2 amide bonds. The molecular weight excluding hydrogens is 379 g/mol. The van der Waals surface area contributed by atoms with E-state index in [2.05, 4.69) is 5.43 Å². The van der Waals surface area contributed by atoms with Crippen molar-refractivity contribution in [1.29, 1.82) is 0 Å². The fraction of sp³-hybridized carbons (Fsp3) is 0.200. The van der Waals surface area contributed by atoms with Crippen LogP contribution in [0, 0.1) is 5.82 Å². The molecule has 30 heavy (non-hydrogen) atoms. The Balaban J connectivity index is 1.72. The Hall–Kier alpha value is -3.47. The van der Waals surface area contributed by atoms with Crippen molar-refractivity contribution in [3.63, 3.8) is 0 Å².